The molecule has 6 nitrogen and oxygen atoms in total. The molecule has 17 aromatic carbocycles. The van der Waals surface area contributed by atoms with Crippen molar-refractivity contribution in [3.05, 3.63) is 449 Å². The van der Waals surface area contributed by atoms with E-state index in [0.29, 0.717) is 35.5 Å². The number of anilines is 9. The van der Waals surface area contributed by atoms with Gasteiger partial charge in [0.15, 0.2) is 0 Å². The highest BCUT2D eigenvalue weighted by atomic mass is 16.5. The maximum absolute atomic E-state index is 7.01. The Hall–Kier alpha value is -14.2. The molecule has 35 rings (SSSR count). The molecule has 0 radical (unpaired) electrons. The van der Waals surface area contributed by atoms with Gasteiger partial charge in [0.1, 0.15) is 34.5 Å². The normalized spacial score (nSPS) is 26.3. The van der Waals surface area contributed by atoms with Crippen molar-refractivity contribution in [2.24, 2.45) is 71.0 Å². The number of benzene rings is 17. The summed E-state index contributed by atoms with van der Waals surface area (Å²) >= 11 is 0. The van der Waals surface area contributed by atoms with Crippen molar-refractivity contribution in [3.63, 3.8) is 0 Å². The fourth-order valence-corrected chi connectivity index (χ4v) is 34.4. The molecule has 12 bridgehead atoms. The van der Waals surface area contributed by atoms with Gasteiger partial charge in [0, 0.05) is 135 Å². The first kappa shape index (κ1) is 86.3. The Labute approximate surface area is 854 Å². The molecule has 0 aromatic heterocycles. The molecule has 12 fully saturated rings. The van der Waals surface area contributed by atoms with E-state index in [1.54, 1.807) is 0 Å². The van der Waals surface area contributed by atoms with Gasteiger partial charge in [0.2, 0.25) is 0 Å². The number of hydrogen-bond donors (Lipinski definition) is 0. The van der Waals surface area contributed by atoms with E-state index in [2.05, 4.69) is 438 Å². The molecule has 12 saturated carbocycles. The van der Waals surface area contributed by atoms with Gasteiger partial charge in [0.25, 0.3) is 0 Å². The third kappa shape index (κ3) is 12.7. The molecule has 0 saturated heterocycles. The van der Waals surface area contributed by atoms with Crippen LogP contribution in [-0.4, -0.2) is 0 Å². The standard InChI is InChI=1S/C49H43NO.C47H41NO.C43H39NO/c1-48(2)41-16-8-6-15-39(41)40-22-20-36(29-44(40)48)50(45-18-10-7-14-38(45)33-12-4-3-5-13-33)37-21-23-43-47(30-37)51-46-19-11-9-17-42(46)49(43)34-25-31-24-32(27-34)28-35(49)26-31;1-46(2)40-12-6-5-11-38(40)39-19-17-36(27-43(39)46)48(35-16-15-31-9-3-4-10-32(31)26-35)37-18-20-42-45(28-37)49-44-14-8-7-13-41(44)47(42)33-22-29-21-30(24-33)25-34(47)23-29;1-42(2)36-13-7-6-12-34(36)35-18-16-32(25-39(35)42)44(31-10-4-3-5-11-31)33-17-19-38-41(26-33)45-40-15-9-8-14-37(40)43(38)29-21-27-20-28(23-29)24-30(43)22-27/h3-23,29-32,34-35H,24-28H2,1-2H3;3-20,26-30,33-34H,21-25H2,1-2H3;3-19,25-30H,20-24H2,1-2H3. The van der Waals surface area contributed by atoms with E-state index in [4.69, 9.17) is 14.2 Å². The van der Waals surface area contributed by atoms with Gasteiger partial charge in [-0.05, 0) is 354 Å². The molecule has 145 heavy (non-hydrogen) atoms. The van der Waals surface area contributed by atoms with Crippen molar-refractivity contribution in [2.45, 2.75) is 170 Å². The van der Waals surface area contributed by atoms with Crippen LogP contribution < -0.4 is 28.9 Å². The summed E-state index contributed by atoms with van der Waals surface area (Å²) in [6, 6.07) is 143. The number of hydrogen-bond acceptors (Lipinski definition) is 6. The molecule has 3 spiro atoms. The number of fused-ring (bicyclic) bond motifs is 16. The minimum absolute atomic E-state index is 0.0340. The van der Waals surface area contributed by atoms with Gasteiger partial charge in [-0.2, -0.15) is 0 Å². The fourth-order valence-electron chi connectivity index (χ4n) is 34.4. The summed E-state index contributed by atoms with van der Waals surface area (Å²) in [5.74, 6) is 15.9. The zero-order valence-electron chi connectivity index (χ0n) is 84.0. The van der Waals surface area contributed by atoms with E-state index in [9.17, 15) is 0 Å². The molecule has 3 aliphatic heterocycles. The van der Waals surface area contributed by atoms with Crippen LogP contribution in [0.4, 0.5) is 51.2 Å². The van der Waals surface area contributed by atoms with Gasteiger partial charge in [-0.3, -0.25) is 0 Å². The molecule has 712 valence electrons. The minimum Gasteiger partial charge on any atom is -0.457 e. The van der Waals surface area contributed by atoms with Crippen molar-refractivity contribution in [2.75, 3.05) is 14.7 Å². The maximum atomic E-state index is 7.01. The largest absolute Gasteiger partial charge is 0.457 e. The average molecular weight is 1880 g/mol. The summed E-state index contributed by atoms with van der Waals surface area (Å²) < 4.78 is 20.9. The summed E-state index contributed by atoms with van der Waals surface area (Å²) in [6.07, 6.45) is 20.7. The first-order valence-electron chi connectivity index (χ1n) is 54.6. The second-order valence-corrected chi connectivity index (χ2v) is 47.8. The van der Waals surface area contributed by atoms with Crippen LogP contribution in [0.15, 0.2) is 382 Å². The monoisotopic (exact) mass is 1880 g/mol. The molecule has 18 aliphatic rings. The summed E-state index contributed by atoms with van der Waals surface area (Å²) in [5, 5.41) is 2.50. The lowest BCUT2D eigenvalue weighted by Gasteiger charge is -2.63. The quantitative estimate of drug-likeness (QED) is 0.136. The lowest BCUT2D eigenvalue weighted by molar-refractivity contribution is -0.0452. The first-order chi connectivity index (χ1) is 71.0. The Morgan fingerprint density at radius 1 is 0.179 bits per heavy atom. The van der Waals surface area contributed by atoms with Crippen LogP contribution in [0.1, 0.15) is 205 Å². The fraction of sp³-hybridized carbons (Fsp3) is 0.281. The Kier molecular flexibility index (Phi) is 19.1. The average Bonchev–Trinajstić information content (AvgIpc) is 1.60. The molecule has 6 heteroatoms. The van der Waals surface area contributed by atoms with Crippen LogP contribution in [0.25, 0.3) is 55.3 Å². The summed E-state index contributed by atoms with van der Waals surface area (Å²) in [5.41, 5.74) is 37.8. The molecule has 17 aromatic rings. The Morgan fingerprint density at radius 3 is 0.828 bits per heavy atom. The zero-order chi connectivity index (χ0) is 96.3. The highest BCUT2D eigenvalue weighted by Gasteiger charge is 2.65. The predicted molar refractivity (Wildman–Crippen MR) is 592 cm³/mol. The summed E-state index contributed by atoms with van der Waals surface area (Å²) in [6.45, 7) is 14.2. The molecule has 0 amide bonds. The van der Waals surface area contributed by atoms with E-state index >= 15 is 0 Å². The summed E-state index contributed by atoms with van der Waals surface area (Å²) in [7, 11) is 0. The van der Waals surface area contributed by atoms with Gasteiger partial charge >= 0.3 is 0 Å². The number of para-hydroxylation sites is 5. The summed E-state index contributed by atoms with van der Waals surface area (Å²) in [4.78, 5) is 7.36. The van der Waals surface area contributed by atoms with E-state index in [0.717, 1.165) is 104 Å². The number of ether oxygens (including phenoxy) is 3. The molecule has 0 N–H and O–H groups in total. The first-order valence-corrected chi connectivity index (χ1v) is 54.6. The Bertz CT molecular complexity index is 8090. The van der Waals surface area contributed by atoms with Crippen LogP contribution in [0.5, 0.6) is 34.5 Å². The van der Waals surface area contributed by atoms with Crippen LogP contribution in [0.2, 0.25) is 0 Å². The molecule has 15 aliphatic carbocycles. The highest BCUT2D eigenvalue weighted by molar-refractivity contribution is 5.95. The van der Waals surface area contributed by atoms with E-state index in [-0.39, 0.29) is 32.5 Å². The van der Waals surface area contributed by atoms with Crippen LogP contribution in [0, 0.1) is 71.0 Å². The molecule has 0 unspecified atom stereocenters. The van der Waals surface area contributed by atoms with E-state index in [1.807, 2.05) is 0 Å². The number of nitrogens with zero attached hydrogens (tertiary/aromatic N) is 3. The second-order valence-electron chi connectivity index (χ2n) is 47.8. The topological polar surface area (TPSA) is 37.4 Å². The minimum atomic E-state index is -0.0962. The Morgan fingerprint density at radius 2 is 0.441 bits per heavy atom. The lowest BCUT2D eigenvalue weighted by atomic mass is 9.42. The van der Waals surface area contributed by atoms with Crippen LogP contribution >= 0.6 is 0 Å². The Balaban J connectivity index is 0.000000101. The third-order valence-electron chi connectivity index (χ3n) is 39.7. The van der Waals surface area contributed by atoms with Gasteiger partial charge < -0.3 is 28.9 Å². The number of rotatable bonds is 10. The predicted octanol–water partition coefficient (Wildman–Crippen LogP) is 36.8. The van der Waals surface area contributed by atoms with E-state index in [1.165, 1.54) is 235 Å². The van der Waals surface area contributed by atoms with Crippen molar-refractivity contribution in [1.82, 2.24) is 0 Å². The molecule has 3 heterocycles. The zero-order valence-corrected chi connectivity index (χ0v) is 84.0. The van der Waals surface area contributed by atoms with Crippen molar-refractivity contribution >= 4 is 62.0 Å². The molecule has 0 atom stereocenters. The van der Waals surface area contributed by atoms with Gasteiger partial charge in [-0.15, -0.1) is 0 Å². The van der Waals surface area contributed by atoms with Gasteiger partial charge in [-0.25, -0.2) is 0 Å². The highest BCUT2D eigenvalue weighted by Crippen LogP contribution is 2.74. The van der Waals surface area contributed by atoms with E-state index < -0.39 is 0 Å². The maximum Gasteiger partial charge on any atom is 0.133 e. The van der Waals surface area contributed by atoms with Gasteiger partial charge in [0.05, 0.1) is 5.69 Å². The van der Waals surface area contributed by atoms with Crippen molar-refractivity contribution in [3.8, 4) is 79.0 Å². The van der Waals surface area contributed by atoms with Gasteiger partial charge in [-0.1, -0.05) is 302 Å². The lowest BCUT2D eigenvalue weighted by Crippen LogP contribution is -2.56. The van der Waals surface area contributed by atoms with Crippen molar-refractivity contribution < 1.29 is 14.2 Å². The molecular weight excluding hydrogens is 1760 g/mol. The smallest absolute Gasteiger partial charge is 0.133 e. The third-order valence-corrected chi connectivity index (χ3v) is 39.7. The van der Waals surface area contributed by atoms with Crippen LogP contribution in [0.3, 0.4) is 0 Å². The van der Waals surface area contributed by atoms with Crippen molar-refractivity contribution in [1.29, 1.82) is 0 Å². The second kappa shape index (κ2) is 32.1. The SMILES string of the molecule is CC1(C)c2ccccc2-c2ccc(N(c3ccc4c(c3)Oc3ccccc3C43C4CC5CC(C4)CC3C5)c3ccc4ccccc4c3)cc21.CC1(C)c2ccccc2-c2ccc(N(c3ccc4c(c3)Oc3ccccc3C43C4CC5CC(C4)CC3C5)c3ccccc3-c3ccccc3)cc21.CC1(C)c2ccccc2-c2ccc(N(c3ccccc3)c3ccc4c(c3)Oc3ccccc3C43C4CC5CC(C4)CC3C5)cc21. The van der Waals surface area contributed by atoms with Crippen LogP contribution in [-0.2, 0) is 32.5 Å². The molecular formula is C139H123N3O3.